The maximum atomic E-state index is 6.69. The molecule has 0 aliphatic carbocycles. The number of ether oxygens (including phenoxy) is 2. The molecule has 0 saturated carbocycles. The first-order chi connectivity index (χ1) is 26.3. The third-order valence-corrected chi connectivity index (χ3v) is 10.9. The van der Waals surface area contributed by atoms with Gasteiger partial charge in [-0.25, -0.2) is 9.97 Å². The van der Waals surface area contributed by atoms with Crippen LogP contribution in [-0.2, 0) is 0 Å². The van der Waals surface area contributed by atoms with Crippen molar-refractivity contribution in [2.45, 2.75) is 0 Å². The van der Waals surface area contributed by atoms with Crippen LogP contribution in [0, 0.1) is 0 Å². The van der Waals surface area contributed by atoms with Gasteiger partial charge in [-0.3, -0.25) is 9.13 Å². The zero-order valence-electron chi connectivity index (χ0n) is 28.3. The Morgan fingerprint density at radius 1 is 0.396 bits per heavy atom. The molecular formula is C46H27BN4O2. The number of nitrogens with zero attached hydrogens (tertiary/aromatic N) is 4. The van der Waals surface area contributed by atoms with Crippen LogP contribution in [0.1, 0.15) is 0 Å². The molecule has 0 N–H and O–H groups in total. The van der Waals surface area contributed by atoms with E-state index in [2.05, 4.69) is 149 Å². The summed E-state index contributed by atoms with van der Waals surface area (Å²) in [5.74, 6) is 5.30. The summed E-state index contributed by atoms with van der Waals surface area (Å²) >= 11 is 0. The lowest BCUT2D eigenvalue weighted by Crippen LogP contribution is -2.57. The first-order valence-electron chi connectivity index (χ1n) is 17.9. The molecule has 53 heavy (non-hydrogen) atoms. The Morgan fingerprint density at radius 3 is 1.21 bits per heavy atom. The molecule has 0 amide bonds. The monoisotopic (exact) mass is 678 g/mol. The first kappa shape index (κ1) is 28.6. The normalized spacial score (nSPS) is 12.8. The molecule has 0 unspecified atom stereocenters. The van der Waals surface area contributed by atoms with Crippen molar-refractivity contribution in [3.63, 3.8) is 0 Å². The fourth-order valence-electron chi connectivity index (χ4n) is 8.64. The molecule has 3 aromatic heterocycles. The van der Waals surface area contributed by atoms with E-state index in [-0.39, 0.29) is 6.71 Å². The van der Waals surface area contributed by atoms with Gasteiger partial charge in [-0.15, -0.1) is 0 Å². The Kier molecular flexibility index (Phi) is 5.77. The maximum Gasteiger partial charge on any atom is 0.260 e. The van der Waals surface area contributed by atoms with E-state index < -0.39 is 0 Å². The van der Waals surface area contributed by atoms with Gasteiger partial charge in [0.15, 0.2) is 5.82 Å². The van der Waals surface area contributed by atoms with Gasteiger partial charge in [-0.2, -0.15) is 0 Å². The number of para-hydroxylation sites is 6. The predicted molar refractivity (Wildman–Crippen MR) is 214 cm³/mol. The lowest BCUT2D eigenvalue weighted by molar-refractivity contribution is 0.465. The Labute approximate surface area is 304 Å². The van der Waals surface area contributed by atoms with Gasteiger partial charge >= 0.3 is 0 Å². The van der Waals surface area contributed by atoms with Crippen molar-refractivity contribution in [2.24, 2.45) is 0 Å². The van der Waals surface area contributed by atoms with Gasteiger partial charge in [0.25, 0.3) is 6.71 Å². The molecule has 7 aromatic carbocycles. The van der Waals surface area contributed by atoms with Crippen molar-refractivity contribution in [1.29, 1.82) is 0 Å². The van der Waals surface area contributed by atoms with Gasteiger partial charge in [0.2, 0.25) is 0 Å². The molecule has 10 aromatic rings. The largest absolute Gasteiger partial charge is 0.458 e. The molecule has 7 heteroatoms. The van der Waals surface area contributed by atoms with Crippen LogP contribution in [0.2, 0.25) is 0 Å². The average molecular weight is 679 g/mol. The molecule has 2 aliphatic heterocycles. The van der Waals surface area contributed by atoms with Crippen LogP contribution in [0.5, 0.6) is 23.0 Å². The molecule has 6 nitrogen and oxygen atoms in total. The van der Waals surface area contributed by atoms with E-state index in [4.69, 9.17) is 19.4 Å². The minimum absolute atomic E-state index is 0.0121. The first-order valence-corrected chi connectivity index (χ1v) is 17.9. The summed E-state index contributed by atoms with van der Waals surface area (Å²) in [6.07, 6.45) is 0. The SMILES string of the molecule is c1ccc2c(c1)Oc1cc(-c3nc(-n4c5ccccc5c5ccccc54)cc(-n4c5ccccc5c5ccccc54)n3)cc3c1B2c1ccccc1O3. The molecule has 0 bridgehead atoms. The van der Waals surface area contributed by atoms with Crippen molar-refractivity contribution in [2.75, 3.05) is 0 Å². The van der Waals surface area contributed by atoms with E-state index in [1.807, 2.05) is 24.3 Å². The minimum Gasteiger partial charge on any atom is -0.458 e. The number of aromatic nitrogens is 4. The third kappa shape index (κ3) is 4.04. The Morgan fingerprint density at radius 2 is 0.774 bits per heavy atom. The van der Waals surface area contributed by atoms with E-state index in [9.17, 15) is 0 Å². The van der Waals surface area contributed by atoms with Crippen molar-refractivity contribution in [1.82, 2.24) is 19.1 Å². The fourth-order valence-corrected chi connectivity index (χ4v) is 8.64. The van der Waals surface area contributed by atoms with Crippen LogP contribution in [0.25, 0.3) is 66.6 Å². The smallest absolute Gasteiger partial charge is 0.260 e. The van der Waals surface area contributed by atoms with Crippen LogP contribution in [0.4, 0.5) is 0 Å². The molecule has 0 atom stereocenters. The van der Waals surface area contributed by atoms with Gasteiger partial charge in [0.1, 0.15) is 34.6 Å². The summed E-state index contributed by atoms with van der Waals surface area (Å²) in [6, 6.07) is 57.0. The molecule has 5 heterocycles. The predicted octanol–water partition coefficient (Wildman–Crippen LogP) is 9.07. The lowest BCUT2D eigenvalue weighted by atomic mass is 9.35. The van der Waals surface area contributed by atoms with Crippen LogP contribution >= 0.6 is 0 Å². The number of hydrogen-bond acceptors (Lipinski definition) is 4. The number of fused-ring (bicyclic) bond motifs is 10. The van der Waals surface area contributed by atoms with Crippen molar-refractivity contribution < 1.29 is 9.47 Å². The van der Waals surface area contributed by atoms with Gasteiger partial charge in [-0.05, 0) is 59.5 Å². The highest BCUT2D eigenvalue weighted by atomic mass is 16.5. The molecular weight excluding hydrogens is 651 g/mol. The summed E-state index contributed by atoms with van der Waals surface area (Å²) in [6.45, 7) is -0.0121. The summed E-state index contributed by atoms with van der Waals surface area (Å²) in [5.41, 5.74) is 8.40. The molecule has 0 saturated heterocycles. The molecule has 0 spiro atoms. The quantitative estimate of drug-likeness (QED) is 0.175. The summed E-state index contributed by atoms with van der Waals surface area (Å²) in [4.78, 5) is 10.8. The van der Waals surface area contributed by atoms with Crippen LogP contribution < -0.4 is 25.9 Å². The second-order valence-corrected chi connectivity index (χ2v) is 13.7. The molecule has 246 valence electrons. The zero-order valence-corrected chi connectivity index (χ0v) is 28.3. The van der Waals surface area contributed by atoms with Crippen molar-refractivity contribution >= 4 is 66.7 Å². The molecule has 0 fully saturated rings. The maximum absolute atomic E-state index is 6.69. The average Bonchev–Trinajstić information content (AvgIpc) is 3.74. The molecule has 2 aliphatic rings. The van der Waals surface area contributed by atoms with Gasteiger partial charge in [0.05, 0.1) is 22.1 Å². The fraction of sp³-hybridized carbons (Fsp3) is 0. The van der Waals surface area contributed by atoms with Gasteiger partial charge in [0, 0.05) is 38.6 Å². The topological polar surface area (TPSA) is 54.1 Å². The second kappa shape index (κ2) is 10.7. The summed E-state index contributed by atoms with van der Waals surface area (Å²) < 4.78 is 17.9. The Bertz CT molecular complexity index is 2850. The summed E-state index contributed by atoms with van der Waals surface area (Å²) in [7, 11) is 0. The van der Waals surface area contributed by atoms with Crippen molar-refractivity contribution in [3.8, 4) is 46.0 Å². The highest BCUT2D eigenvalue weighted by molar-refractivity contribution is 6.98. The second-order valence-electron chi connectivity index (χ2n) is 13.7. The third-order valence-electron chi connectivity index (χ3n) is 10.9. The Balaban J connectivity index is 1.16. The van der Waals surface area contributed by atoms with E-state index in [0.29, 0.717) is 5.82 Å². The molecule has 0 radical (unpaired) electrons. The van der Waals surface area contributed by atoms with Crippen LogP contribution in [0.3, 0.4) is 0 Å². The number of hydrogen-bond donors (Lipinski definition) is 0. The number of rotatable bonds is 3. The van der Waals surface area contributed by atoms with Crippen LogP contribution in [0.15, 0.2) is 164 Å². The Hall–Kier alpha value is -7.12. The highest BCUT2D eigenvalue weighted by Crippen LogP contribution is 2.39. The van der Waals surface area contributed by atoms with Crippen LogP contribution in [-0.4, -0.2) is 25.8 Å². The zero-order chi connectivity index (χ0) is 34.6. The van der Waals surface area contributed by atoms with Crippen molar-refractivity contribution in [3.05, 3.63) is 164 Å². The van der Waals surface area contributed by atoms with Gasteiger partial charge in [-0.1, -0.05) is 109 Å². The lowest BCUT2D eigenvalue weighted by Gasteiger charge is -2.33. The summed E-state index contributed by atoms with van der Waals surface area (Å²) in [5, 5.41) is 4.69. The number of benzene rings is 7. The van der Waals surface area contributed by atoms with E-state index >= 15 is 0 Å². The van der Waals surface area contributed by atoms with E-state index in [0.717, 1.165) is 78.7 Å². The van der Waals surface area contributed by atoms with E-state index in [1.54, 1.807) is 0 Å². The van der Waals surface area contributed by atoms with E-state index in [1.165, 1.54) is 21.5 Å². The van der Waals surface area contributed by atoms with Gasteiger partial charge < -0.3 is 9.47 Å². The minimum atomic E-state index is -0.0121. The molecule has 12 rings (SSSR count). The standard InChI is InChI=1S/C46H27BN4O2/c1-7-19-35-29(13-1)30-14-2-8-20-36(30)50(35)43-27-44(51-37-21-9-3-15-31(37)32-16-4-10-22-38(32)51)49-46(48-43)28-25-41-45-42(26-28)53-40-24-12-6-18-34(40)47(45)33-17-5-11-23-39(33)52-41/h1-27H. The highest BCUT2D eigenvalue weighted by Gasteiger charge is 2.40.